The summed E-state index contributed by atoms with van der Waals surface area (Å²) in [7, 11) is 0. The monoisotopic (exact) mass is 569 g/mol. The molecule has 0 fully saturated rings. The van der Waals surface area contributed by atoms with Crippen molar-refractivity contribution in [2.24, 2.45) is 0 Å². The van der Waals surface area contributed by atoms with E-state index in [1.54, 1.807) is 12.1 Å². The second kappa shape index (κ2) is 9.75. The van der Waals surface area contributed by atoms with E-state index < -0.39 is 6.04 Å². The van der Waals surface area contributed by atoms with Crippen LogP contribution in [0.25, 0.3) is 83.6 Å². The van der Waals surface area contributed by atoms with Crippen LogP contribution >= 0.6 is 0 Å². The van der Waals surface area contributed by atoms with Crippen molar-refractivity contribution in [3.8, 4) is 39.9 Å². The highest BCUT2D eigenvalue weighted by Gasteiger charge is 2.18. The number of fused-ring (bicyclic) bond motifs is 6. The minimum atomic E-state index is -0.420. The molecule has 5 nitrogen and oxygen atoms in total. The van der Waals surface area contributed by atoms with Gasteiger partial charge < -0.3 is 4.42 Å². The molecule has 0 saturated heterocycles. The van der Waals surface area contributed by atoms with E-state index >= 15 is 0 Å². The molecule has 0 spiro atoms. The minimum Gasteiger partial charge on any atom is -0.456 e. The number of nitrogens with zero attached hydrogens (tertiary/aromatic N) is 4. The number of furan rings is 1. The highest BCUT2D eigenvalue weighted by atomic mass is 16.3. The van der Waals surface area contributed by atoms with Crippen molar-refractivity contribution >= 4 is 43.7 Å². The van der Waals surface area contributed by atoms with Crippen molar-refractivity contribution in [3.63, 3.8) is 0 Å². The summed E-state index contributed by atoms with van der Waals surface area (Å²) < 4.78 is 49.5. The van der Waals surface area contributed by atoms with Gasteiger partial charge in [0.15, 0.2) is 11.6 Å². The van der Waals surface area contributed by atoms with Gasteiger partial charge in [0.2, 0.25) is 5.95 Å². The molecule has 0 amide bonds. The third-order valence-electron chi connectivity index (χ3n) is 7.95. The van der Waals surface area contributed by atoms with Gasteiger partial charge >= 0.3 is 0 Å². The second-order valence-corrected chi connectivity index (χ2v) is 10.5. The van der Waals surface area contributed by atoms with Gasteiger partial charge in [-0.3, -0.25) is 4.57 Å². The normalized spacial score (nSPS) is 13.2. The van der Waals surface area contributed by atoms with Crippen LogP contribution in [0.3, 0.4) is 0 Å². The van der Waals surface area contributed by atoms with Gasteiger partial charge in [0.1, 0.15) is 11.2 Å². The Morgan fingerprint density at radius 1 is 0.477 bits per heavy atom. The fourth-order valence-electron chi connectivity index (χ4n) is 5.91. The summed E-state index contributed by atoms with van der Waals surface area (Å²) in [5.41, 5.74) is 5.44. The molecular formula is C39H24N4O. The van der Waals surface area contributed by atoms with Gasteiger partial charge in [-0.05, 0) is 47.5 Å². The van der Waals surface area contributed by atoms with Gasteiger partial charge in [0.05, 0.1) is 17.9 Å². The van der Waals surface area contributed by atoms with E-state index in [9.17, 15) is 0 Å². The summed E-state index contributed by atoms with van der Waals surface area (Å²) in [6, 6.07) is 35.7. The molecule has 5 heteroatoms. The van der Waals surface area contributed by atoms with E-state index in [1.165, 1.54) is 0 Å². The van der Waals surface area contributed by atoms with Crippen molar-refractivity contribution < 1.29 is 11.3 Å². The molecule has 0 radical (unpaired) electrons. The number of para-hydroxylation sites is 2. The van der Waals surface area contributed by atoms with Gasteiger partial charge in [-0.1, -0.05) is 109 Å². The van der Waals surface area contributed by atoms with E-state index in [1.807, 2.05) is 78.9 Å². The first-order chi connectivity index (χ1) is 23.9. The van der Waals surface area contributed by atoms with Crippen molar-refractivity contribution in [1.82, 2.24) is 19.5 Å². The maximum Gasteiger partial charge on any atom is 0.238 e. The zero-order chi connectivity index (χ0) is 33.4. The van der Waals surface area contributed by atoms with Crippen LogP contribution in [0.1, 0.15) is 6.85 Å². The molecule has 206 valence electrons. The summed E-state index contributed by atoms with van der Waals surface area (Å²) in [5, 5.41) is 3.78. The summed E-state index contributed by atoms with van der Waals surface area (Å²) in [6.07, 6.45) is 0. The molecule has 0 aliphatic carbocycles. The largest absolute Gasteiger partial charge is 0.456 e. The number of aromatic nitrogens is 4. The van der Waals surface area contributed by atoms with Crippen LogP contribution in [0.15, 0.2) is 150 Å². The summed E-state index contributed by atoms with van der Waals surface area (Å²) in [4.78, 5) is 15.0. The zero-order valence-electron chi connectivity index (χ0n) is 28.2. The maximum atomic E-state index is 8.45. The van der Waals surface area contributed by atoms with Gasteiger partial charge in [0, 0.05) is 32.7 Å². The highest BCUT2D eigenvalue weighted by molar-refractivity contribution is 6.09. The predicted octanol–water partition coefficient (Wildman–Crippen LogP) is 9.87. The average molecular weight is 570 g/mol. The average Bonchev–Trinajstić information content (AvgIpc) is 3.68. The van der Waals surface area contributed by atoms with Crippen LogP contribution in [-0.2, 0) is 0 Å². The third kappa shape index (κ3) is 3.91. The molecule has 0 atom stereocenters. The Balaban J connectivity index is 1.23. The lowest BCUT2D eigenvalue weighted by atomic mass is 10.0. The van der Waals surface area contributed by atoms with Crippen molar-refractivity contribution in [1.29, 1.82) is 0 Å². The first-order valence-electron chi connectivity index (χ1n) is 16.7. The lowest BCUT2D eigenvalue weighted by molar-refractivity contribution is 0.669. The van der Waals surface area contributed by atoms with Crippen molar-refractivity contribution in [2.45, 2.75) is 0 Å². The van der Waals surface area contributed by atoms with Crippen LogP contribution in [0.5, 0.6) is 0 Å². The Morgan fingerprint density at radius 2 is 1.14 bits per heavy atom. The zero-order valence-corrected chi connectivity index (χ0v) is 23.2. The molecule has 44 heavy (non-hydrogen) atoms. The van der Waals surface area contributed by atoms with Crippen LogP contribution in [0.2, 0.25) is 0 Å². The minimum absolute atomic E-state index is 0.148. The Kier molecular flexibility index (Phi) is 4.42. The van der Waals surface area contributed by atoms with Crippen LogP contribution in [-0.4, -0.2) is 19.5 Å². The Hall–Kier alpha value is -6.07. The fourth-order valence-corrected chi connectivity index (χ4v) is 5.91. The molecule has 3 heterocycles. The second-order valence-electron chi connectivity index (χ2n) is 10.5. The first-order valence-corrected chi connectivity index (χ1v) is 14.2. The van der Waals surface area contributed by atoms with Crippen LogP contribution < -0.4 is 0 Å². The van der Waals surface area contributed by atoms with Gasteiger partial charge in [-0.15, -0.1) is 0 Å². The van der Waals surface area contributed by atoms with Crippen LogP contribution in [0, 0.1) is 0 Å². The summed E-state index contributed by atoms with van der Waals surface area (Å²) in [5.74, 6) is 1.51. The molecule has 9 aromatic rings. The van der Waals surface area contributed by atoms with E-state index in [4.69, 9.17) is 26.2 Å². The van der Waals surface area contributed by atoms with E-state index in [0.717, 1.165) is 43.7 Å². The molecule has 0 unspecified atom stereocenters. The Bertz CT molecular complexity index is 2710. The molecule has 0 saturated carbocycles. The number of hydrogen-bond acceptors (Lipinski definition) is 4. The van der Waals surface area contributed by atoms with Crippen LogP contribution in [0.4, 0.5) is 0 Å². The molecule has 9 rings (SSSR count). The predicted molar refractivity (Wildman–Crippen MR) is 178 cm³/mol. The standard InChI is InChI=1S/C39H24N4O/c1-3-11-25(12-4-1)27-20-22-35-32(23-27)31-21-19-28(24-36(31)44-35)38-40-37(26-13-5-2-6-14-26)41-39(42-38)43-33-17-9-7-15-29(33)30-16-8-10-18-34(30)43/h1-24H/i1D,3D,4D,11D,12D. The van der Waals surface area contributed by atoms with Gasteiger partial charge in [-0.25, -0.2) is 4.98 Å². The summed E-state index contributed by atoms with van der Waals surface area (Å²) in [6.45, 7) is 0. The van der Waals surface area contributed by atoms with Crippen molar-refractivity contribution in [3.05, 3.63) is 145 Å². The molecular weight excluding hydrogens is 540 g/mol. The maximum absolute atomic E-state index is 8.45. The summed E-state index contributed by atoms with van der Waals surface area (Å²) >= 11 is 0. The molecule has 3 aromatic heterocycles. The lowest BCUT2D eigenvalue weighted by Crippen LogP contribution is -2.06. The molecule has 0 aliphatic rings. The molecule has 0 bridgehead atoms. The third-order valence-corrected chi connectivity index (χ3v) is 7.95. The topological polar surface area (TPSA) is 56.7 Å². The first kappa shape index (κ1) is 19.9. The molecule has 0 aliphatic heterocycles. The highest BCUT2D eigenvalue weighted by Crippen LogP contribution is 2.36. The van der Waals surface area contributed by atoms with E-state index in [0.29, 0.717) is 34.3 Å². The van der Waals surface area contributed by atoms with Crippen molar-refractivity contribution in [2.75, 3.05) is 0 Å². The lowest BCUT2D eigenvalue weighted by Gasteiger charge is -2.10. The van der Waals surface area contributed by atoms with Gasteiger partial charge in [0.25, 0.3) is 0 Å². The molecule has 0 N–H and O–H groups in total. The molecule has 6 aromatic carbocycles. The van der Waals surface area contributed by atoms with Gasteiger partial charge in [-0.2, -0.15) is 9.97 Å². The van der Waals surface area contributed by atoms with E-state index in [-0.39, 0.29) is 29.7 Å². The Labute approximate surface area is 259 Å². The van der Waals surface area contributed by atoms with E-state index in [2.05, 4.69) is 28.8 Å². The smallest absolute Gasteiger partial charge is 0.238 e. The quantitative estimate of drug-likeness (QED) is 0.212. The Morgan fingerprint density at radius 3 is 1.89 bits per heavy atom. The SMILES string of the molecule is [2H]c1c([2H])c([2H])c(-c2ccc3oc4cc(-c5nc(-c6ccccc6)nc(-n6c7ccccc7c7ccccc76)n5)ccc4c3c2)c([2H])c1[2H]. The number of rotatable bonds is 4. The number of hydrogen-bond donors (Lipinski definition) is 0. The fraction of sp³-hybridized carbons (Fsp3) is 0. The number of benzene rings is 6.